The van der Waals surface area contributed by atoms with Crippen LogP contribution in [-0.4, -0.2) is 15.2 Å². The molecule has 1 aromatic heterocycles. The topological polar surface area (TPSA) is 95.8 Å². The molecular formula is C22H16N6O. The van der Waals surface area contributed by atoms with Gasteiger partial charge in [0.15, 0.2) is 5.82 Å². The van der Waals surface area contributed by atoms with Crippen LogP contribution in [0.3, 0.4) is 0 Å². The number of para-hydroxylation sites is 1. The molecule has 0 aliphatic carbocycles. The van der Waals surface area contributed by atoms with Crippen molar-refractivity contribution in [3.05, 3.63) is 90.6 Å². The Labute approximate surface area is 167 Å². The molecule has 4 rings (SSSR count). The average molecular weight is 380 g/mol. The van der Waals surface area contributed by atoms with E-state index in [2.05, 4.69) is 31.9 Å². The van der Waals surface area contributed by atoms with Crippen molar-refractivity contribution >= 4 is 23.1 Å². The van der Waals surface area contributed by atoms with Gasteiger partial charge < -0.3 is 15.4 Å². The van der Waals surface area contributed by atoms with E-state index in [1.807, 2.05) is 54.6 Å². The van der Waals surface area contributed by atoms with Crippen molar-refractivity contribution in [2.45, 2.75) is 0 Å². The molecule has 1 heterocycles. The maximum atomic E-state index is 8.86. The van der Waals surface area contributed by atoms with Gasteiger partial charge in [0.1, 0.15) is 11.5 Å². The zero-order valence-corrected chi connectivity index (χ0v) is 15.3. The van der Waals surface area contributed by atoms with Gasteiger partial charge in [-0.15, -0.1) is 5.10 Å². The van der Waals surface area contributed by atoms with Gasteiger partial charge in [0.25, 0.3) is 0 Å². The zero-order valence-electron chi connectivity index (χ0n) is 15.3. The van der Waals surface area contributed by atoms with Crippen LogP contribution in [0, 0.1) is 11.3 Å². The number of hydrogen-bond acceptors (Lipinski definition) is 7. The van der Waals surface area contributed by atoms with Gasteiger partial charge in [-0.25, -0.2) is 0 Å². The molecule has 0 spiro atoms. The summed E-state index contributed by atoms with van der Waals surface area (Å²) in [5.41, 5.74) is 2.20. The smallest absolute Gasteiger partial charge is 0.249 e. The molecule has 0 radical (unpaired) electrons. The fraction of sp³-hybridized carbons (Fsp3) is 0. The first-order chi connectivity index (χ1) is 14.3. The third kappa shape index (κ3) is 4.84. The Bertz CT molecular complexity index is 1120. The van der Waals surface area contributed by atoms with Crippen molar-refractivity contribution in [1.29, 1.82) is 5.26 Å². The standard InChI is InChI=1S/C22H16N6O/c23-14-16-6-8-18(9-7-16)26-22-27-21(15-24-28-22)25-17-10-12-20(13-11-17)29-19-4-2-1-3-5-19/h1-13,15H,(H2,25,26,27,28). The van der Waals surface area contributed by atoms with Gasteiger partial charge in [-0.05, 0) is 60.7 Å². The van der Waals surface area contributed by atoms with Crippen LogP contribution in [0.1, 0.15) is 5.56 Å². The molecule has 0 bridgehead atoms. The Morgan fingerprint density at radius 3 is 2.14 bits per heavy atom. The van der Waals surface area contributed by atoms with Crippen molar-refractivity contribution < 1.29 is 4.74 Å². The van der Waals surface area contributed by atoms with Gasteiger partial charge in [0, 0.05) is 11.4 Å². The lowest BCUT2D eigenvalue weighted by Gasteiger charge is -2.09. The van der Waals surface area contributed by atoms with Crippen molar-refractivity contribution in [1.82, 2.24) is 15.2 Å². The van der Waals surface area contributed by atoms with E-state index in [0.717, 1.165) is 22.9 Å². The lowest BCUT2D eigenvalue weighted by molar-refractivity contribution is 0.483. The second kappa shape index (κ2) is 8.50. The summed E-state index contributed by atoms with van der Waals surface area (Å²) in [7, 11) is 0. The summed E-state index contributed by atoms with van der Waals surface area (Å²) in [4.78, 5) is 4.40. The van der Waals surface area contributed by atoms with E-state index in [0.29, 0.717) is 17.3 Å². The Hall–Kier alpha value is -4.44. The van der Waals surface area contributed by atoms with Crippen LogP contribution < -0.4 is 15.4 Å². The SMILES string of the molecule is N#Cc1ccc(Nc2nncc(Nc3ccc(Oc4ccccc4)cc3)n2)cc1. The lowest BCUT2D eigenvalue weighted by Crippen LogP contribution is -2.02. The number of benzene rings is 3. The van der Waals surface area contributed by atoms with Gasteiger partial charge in [-0.2, -0.15) is 15.3 Å². The predicted octanol–water partition coefficient (Wildman–Crippen LogP) is 5.02. The minimum absolute atomic E-state index is 0.351. The molecule has 3 aromatic carbocycles. The number of anilines is 4. The number of nitriles is 1. The summed E-state index contributed by atoms with van der Waals surface area (Å²) in [6.45, 7) is 0. The van der Waals surface area contributed by atoms with Gasteiger partial charge in [0.2, 0.25) is 5.95 Å². The van der Waals surface area contributed by atoms with E-state index in [1.165, 1.54) is 0 Å². The second-order valence-corrected chi connectivity index (χ2v) is 6.04. The third-order valence-electron chi connectivity index (χ3n) is 3.93. The molecular weight excluding hydrogens is 364 g/mol. The highest BCUT2D eigenvalue weighted by Crippen LogP contribution is 2.24. The molecule has 0 saturated heterocycles. The monoisotopic (exact) mass is 380 g/mol. The summed E-state index contributed by atoms with van der Waals surface area (Å²) in [6.07, 6.45) is 1.54. The fourth-order valence-electron chi connectivity index (χ4n) is 2.55. The van der Waals surface area contributed by atoms with Crippen LogP contribution >= 0.6 is 0 Å². The quantitative estimate of drug-likeness (QED) is 0.485. The van der Waals surface area contributed by atoms with E-state index in [4.69, 9.17) is 10.00 Å². The van der Waals surface area contributed by atoms with E-state index in [9.17, 15) is 0 Å². The number of nitrogens with one attached hydrogen (secondary N) is 2. The van der Waals surface area contributed by atoms with Crippen molar-refractivity contribution in [3.8, 4) is 17.6 Å². The van der Waals surface area contributed by atoms with Crippen LogP contribution in [0.4, 0.5) is 23.1 Å². The van der Waals surface area contributed by atoms with E-state index in [-0.39, 0.29) is 0 Å². The van der Waals surface area contributed by atoms with Gasteiger partial charge in [-0.1, -0.05) is 18.2 Å². The first-order valence-corrected chi connectivity index (χ1v) is 8.85. The number of hydrogen-bond donors (Lipinski definition) is 2. The highest BCUT2D eigenvalue weighted by molar-refractivity contribution is 5.59. The minimum Gasteiger partial charge on any atom is -0.457 e. The maximum absolute atomic E-state index is 8.86. The Kier molecular flexibility index (Phi) is 5.26. The molecule has 0 saturated carbocycles. The summed E-state index contributed by atoms with van der Waals surface area (Å²) < 4.78 is 5.79. The number of ether oxygens (including phenoxy) is 1. The van der Waals surface area contributed by atoms with E-state index >= 15 is 0 Å². The Morgan fingerprint density at radius 2 is 1.41 bits per heavy atom. The fourth-order valence-corrected chi connectivity index (χ4v) is 2.55. The molecule has 0 fully saturated rings. The minimum atomic E-state index is 0.351. The van der Waals surface area contributed by atoms with E-state index in [1.54, 1.807) is 30.5 Å². The number of nitrogens with zero attached hydrogens (tertiary/aromatic N) is 4. The van der Waals surface area contributed by atoms with Crippen LogP contribution in [0.2, 0.25) is 0 Å². The van der Waals surface area contributed by atoms with Crippen LogP contribution in [0.15, 0.2) is 85.1 Å². The molecule has 140 valence electrons. The predicted molar refractivity (Wildman–Crippen MR) is 111 cm³/mol. The molecule has 7 nitrogen and oxygen atoms in total. The highest BCUT2D eigenvalue weighted by Gasteiger charge is 2.03. The molecule has 0 atom stereocenters. The Morgan fingerprint density at radius 1 is 0.759 bits per heavy atom. The van der Waals surface area contributed by atoms with Crippen LogP contribution in [0.25, 0.3) is 0 Å². The molecule has 0 aliphatic heterocycles. The van der Waals surface area contributed by atoms with E-state index < -0.39 is 0 Å². The first kappa shape index (κ1) is 17.9. The number of rotatable bonds is 6. The summed E-state index contributed by atoms with van der Waals surface area (Å²) in [5, 5.41) is 23.1. The van der Waals surface area contributed by atoms with Crippen molar-refractivity contribution in [3.63, 3.8) is 0 Å². The molecule has 2 N–H and O–H groups in total. The van der Waals surface area contributed by atoms with Crippen LogP contribution in [-0.2, 0) is 0 Å². The largest absolute Gasteiger partial charge is 0.457 e. The summed E-state index contributed by atoms with van der Waals surface area (Å²) in [6, 6.07) is 26.2. The molecule has 4 aromatic rings. The van der Waals surface area contributed by atoms with Gasteiger partial charge in [-0.3, -0.25) is 0 Å². The van der Waals surface area contributed by atoms with Crippen molar-refractivity contribution in [2.75, 3.05) is 10.6 Å². The molecule has 29 heavy (non-hydrogen) atoms. The summed E-state index contributed by atoms with van der Waals surface area (Å²) >= 11 is 0. The van der Waals surface area contributed by atoms with Crippen molar-refractivity contribution in [2.24, 2.45) is 0 Å². The third-order valence-corrected chi connectivity index (χ3v) is 3.93. The second-order valence-electron chi connectivity index (χ2n) is 6.04. The molecule has 0 amide bonds. The Balaban J connectivity index is 1.41. The first-order valence-electron chi connectivity index (χ1n) is 8.85. The maximum Gasteiger partial charge on any atom is 0.249 e. The van der Waals surface area contributed by atoms with Crippen LogP contribution in [0.5, 0.6) is 11.5 Å². The molecule has 7 heteroatoms. The highest BCUT2D eigenvalue weighted by atomic mass is 16.5. The number of aromatic nitrogens is 3. The average Bonchev–Trinajstić information content (AvgIpc) is 2.77. The zero-order chi connectivity index (χ0) is 19.9. The van der Waals surface area contributed by atoms with Gasteiger partial charge in [0.05, 0.1) is 17.8 Å². The molecule has 0 aliphatic rings. The summed E-state index contributed by atoms with van der Waals surface area (Å²) in [5.74, 6) is 2.43. The lowest BCUT2D eigenvalue weighted by atomic mass is 10.2. The van der Waals surface area contributed by atoms with Gasteiger partial charge >= 0.3 is 0 Å². The molecule has 0 unspecified atom stereocenters. The normalized spacial score (nSPS) is 10.0.